The molecule has 1 unspecified atom stereocenters. The quantitative estimate of drug-likeness (QED) is 0.195. The lowest BCUT2D eigenvalue weighted by molar-refractivity contribution is -0.140. The van der Waals surface area contributed by atoms with E-state index in [-0.39, 0.29) is 36.6 Å². The molecule has 1 aliphatic carbocycles. The summed E-state index contributed by atoms with van der Waals surface area (Å²) in [5.41, 5.74) is 4.60. The van der Waals surface area contributed by atoms with Gasteiger partial charge in [0.15, 0.2) is 17.3 Å². The first-order valence-electron chi connectivity index (χ1n) is 14.6. The number of aliphatic hydroxyl groups is 1. The van der Waals surface area contributed by atoms with Gasteiger partial charge in [-0.1, -0.05) is 29.8 Å². The van der Waals surface area contributed by atoms with Gasteiger partial charge in [0.2, 0.25) is 0 Å². The van der Waals surface area contributed by atoms with Crippen molar-refractivity contribution in [2.24, 2.45) is 0 Å². The van der Waals surface area contributed by atoms with E-state index in [9.17, 15) is 20.3 Å². The molecule has 2 atom stereocenters. The highest BCUT2D eigenvalue weighted by Crippen LogP contribution is 2.45. The molecule has 12 heteroatoms. The predicted molar refractivity (Wildman–Crippen MR) is 165 cm³/mol. The van der Waals surface area contributed by atoms with E-state index in [1.54, 1.807) is 36.5 Å². The molecule has 0 saturated heterocycles. The minimum Gasteiger partial charge on any atom is -0.488 e. The van der Waals surface area contributed by atoms with Gasteiger partial charge in [0, 0.05) is 41.7 Å². The fourth-order valence-electron chi connectivity index (χ4n) is 5.62. The highest BCUT2D eigenvalue weighted by molar-refractivity contribution is 6.32. The van der Waals surface area contributed by atoms with E-state index in [0.717, 1.165) is 16.7 Å². The van der Waals surface area contributed by atoms with Gasteiger partial charge in [-0.3, -0.25) is 15.1 Å². The van der Waals surface area contributed by atoms with Gasteiger partial charge in [-0.05, 0) is 53.8 Å². The van der Waals surface area contributed by atoms with Crippen molar-refractivity contribution in [3.05, 3.63) is 99.6 Å². The molecule has 0 amide bonds. The Morgan fingerprint density at radius 2 is 2.00 bits per heavy atom. The van der Waals surface area contributed by atoms with Crippen LogP contribution in [0.4, 0.5) is 4.39 Å². The van der Waals surface area contributed by atoms with E-state index in [0.29, 0.717) is 59.0 Å². The third kappa shape index (κ3) is 6.41. The van der Waals surface area contributed by atoms with Gasteiger partial charge in [-0.2, -0.15) is 5.26 Å². The number of carboxylic acid groups (broad SMARTS) is 1. The summed E-state index contributed by atoms with van der Waals surface area (Å²) in [7, 11) is 0. The molecular weight excluding hydrogens is 617 g/mol. The summed E-state index contributed by atoms with van der Waals surface area (Å²) in [6.45, 7) is 0.139. The summed E-state index contributed by atoms with van der Waals surface area (Å²) in [4.78, 5) is 15.5. The van der Waals surface area contributed by atoms with Crippen LogP contribution in [-0.4, -0.2) is 47.0 Å². The maximum atomic E-state index is 15.6. The van der Waals surface area contributed by atoms with Crippen molar-refractivity contribution in [3.63, 3.8) is 0 Å². The molecule has 0 saturated carbocycles. The number of carboxylic acids is 1. The largest absolute Gasteiger partial charge is 0.488 e. The van der Waals surface area contributed by atoms with E-state index in [4.69, 9.17) is 30.5 Å². The van der Waals surface area contributed by atoms with Gasteiger partial charge in [0.25, 0.3) is 0 Å². The Balaban J connectivity index is 1.28. The molecule has 3 aromatic carbocycles. The SMILES string of the molecule is N#Cc1cncc(COc2cc(OC3CCc4c(-c5ccc6c(c5F)OCCO6)cccc43)c(Cl)cc2CN[C@@H](CO)C(=O)O)c1. The van der Waals surface area contributed by atoms with Crippen LogP contribution in [0.15, 0.2) is 60.9 Å². The molecule has 2 aliphatic rings. The number of ether oxygens (including phenoxy) is 4. The fraction of sp³-hybridized carbons (Fsp3) is 0.265. The summed E-state index contributed by atoms with van der Waals surface area (Å²) in [6.07, 6.45) is 3.91. The average Bonchev–Trinajstić information content (AvgIpc) is 3.48. The number of nitriles is 1. The van der Waals surface area contributed by atoms with Crippen LogP contribution in [-0.2, 0) is 24.4 Å². The fourth-order valence-corrected chi connectivity index (χ4v) is 5.86. The molecule has 2 heterocycles. The van der Waals surface area contributed by atoms with E-state index in [1.165, 1.54) is 6.20 Å². The number of rotatable bonds is 11. The van der Waals surface area contributed by atoms with Gasteiger partial charge in [0.1, 0.15) is 49.5 Å². The zero-order valence-electron chi connectivity index (χ0n) is 24.5. The Morgan fingerprint density at radius 3 is 2.80 bits per heavy atom. The Hall–Kier alpha value is -4.89. The zero-order valence-corrected chi connectivity index (χ0v) is 25.2. The number of aromatic nitrogens is 1. The first-order valence-corrected chi connectivity index (χ1v) is 15.0. The van der Waals surface area contributed by atoms with E-state index in [2.05, 4.69) is 10.3 Å². The molecule has 0 bridgehead atoms. The number of fused-ring (bicyclic) bond motifs is 2. The lowest BCUT2D eigenvalue weighted by atomic mass is 9.96. The third-order valence-corrected chi connectivity index (χ3v) is 8.17. The average molecular weight is 646 g/mol. The van der Waals surface area contributed by atoms with Crippen molar-refractivity contribution in [2.45, 2.75) is 38.1 Å². The number of pyridine rings is 1. The molecule has 0 fully saturated rings. The molecular formula is C34H29ClFN3O7. The molecule has 236 valence electrons. The number of aliphatic carboxylic acids is 1. The molecule has 1 aliphatic heterocycles. The number of benzene rings is 3. The topological polar surface area (TPSA) is 143 Å². The molecule has 46 heavy (non-hydrogen) atoms. The molecule has 6 rings (SSSR count). The lowest BCUT2D eigenvalue weighted by Crippen LogP contribution is -2.39. The maximum Gasteiger partial charge on any atom is 0.323 e. The van der Waals surface area contributed by atoms with Crippen LogP contribution >= 0.6 is 11.6 Å². The van der Waals surface area contributed by atoms with Crippen LogP contribution in [0.5, 0.6) is 23.0 Å². The molecule has 0 radical (unpaired) electrons. The monoisotopic (exact) mass is 645 g/mol. The van der Waals surface area contributed by atoms with Gasteiger partial charge >= 0.3 is 5.97 Å². The Labute approximate surface area is 268 Å². The van der Waals surface area contributed by atoms with Gasteiger partial charge in [-0.15, -0.1) is 0 Å². The minimum atomic E-state index is -1.20. The molecule has 10 nitrogen and oxygen atoms in total. The lowest BCUT2D eigenvalue weighted by Gasteiger charge is -2.21. The van der Waals surface area contributed by atoms with Crippen LogP contribution in [0, 0.1) is 17.1 Å². The number of nitrogens with zero attached hydrogens (tertiary/aromatic N) is 2. The number of carbonyl (C=O) groups is 1. The molecule has 4 aromatic rings. The molecule has 1 aromatic heterocycles. The normalized spacial score (nSPS) is 15.5. The second-order valence-corrected chi connectivity index (χ2v) is 11.2. The van der Waals surface area contributed by atoms with Crippen LogP contribution in [0.2, 0.25) is 5.02 Å². The second-order valence-electron chi connectivity index (χ2n) is 10.8. The first-order chi connectivity index (χ1) is 22.4. The highest BCUT2D eigenvalue weighted by atomic mass is 35.5. The predicted octanol–water partition coefficient (Wildman–Crippen LogP) is 5.36. The smallest absolute Gasteiger partial charge is 0.323 e. The van der Waals surface area contributed by atoms with Crippen LogP contribution in [0.25, 0.3) is 11.1 Å². The summed E-state index contributed by atoms with van der Waals surface area (Å²) in [5, 5.41) is 31.1. The van der Waals surface area contributed by atoms with Gasteiger partial charge < -0.3 is 29.2 Å². The summed E-state index contributed by atoms with van der Waals surface area (Å²) in [6, 6.07) is 14.9. The van der Waals surface area contributed by atoms with Crippen molar-refractivity contribution >= 4 is 17.6 Å². The van der Waals surface area contributed by atoms with Gasteiger partial charge in [0.05, 0.1) is 17.2 Å². The van der Waals surface area contributed by atoms with Gasteiger partial charge in [-0.25, -0.2) is 4.39 Å². The Bertz CT molecular complexity index is 1830. The highest BCUT2D eigenvalue weighted by Gasteiger charge is 2.30. The summed E-state index contributed by atoms with van der Waals surface area (Å²) in [5.74, 6) is -0.463. The summed E-state index contributed by atoms with van der Waals surface area (Å²) >= 11 is 6.70. The maximum absolute atomic E-state index is 15.6. The molecule has 3 N–H and O–H groups in total. The van der Waals surface area contributed by atoms with Crippen LogP contribution in [0.1, 0.15) is 40.3 Å². The van der Waals surface area contributed by atoms with Crippen molar-refractivity contribution in [3.8, 4) is 40.2 Å². The number of halogens is 2. The van der Waals surface area contributed by atoms with Crippen molar-refractivity contribution in [1.82, 2.24) is 10.3 Å². The van der Waals surface area contributed by atoms with Crippen LogP contribution in [0.3, 0.4) is 0 Å². The van der Waals surface area contributed by atoms with E-state index in [1.807, 2.05) is 24.3 Å². The Morgan fingerprint density at radius 1 is 1.15 bits per heavy atom. The summed E-state index contributed by atoms with van der Waals surface area (Å²) < 4.78 is 39.2. The number of hydrogen-bond donors (Lipinski definition) is 3. The minimum absolute atomic E-state index is 0.0278. The number of hydrogen-bond acceptors (Lipinski definition) is 9. The number of aliphatic hydroxyl groups excluding tert-OH is 1. The van der Waals surface area contributed by atoms with Crippen LogP contribution < -0.4 is 24.3 Å². The van der Waals surface area contributed by atoms with E-state index >= 15 is 4.39 Å². The number of nitrogens with one attached hydrogen (secondary N) is 1. The Kier molecular flexibility index (Phi) is 9.21. The third-order valence-electron chi connectivity index (χ3n) is 7.88. The second kappa shape index (κ2) is 13.6. The molecule has 0 spiro atoms. The van der Waals surface area contributed by atoms with Crippen molar-refractivity contribution < 1.29 is 38.3 Å². The first kappa shape index (κ1) is 31.1. The van der Waals surface area contributed by atoms with Crippen molar-refractivity contribution in [1.29, 1.82) is 5.26 Å². The zero-order chi connectivity index (χ0) is 32.2. The van der Waals surface area contributed by atoms with Crippen molar-refractivity contribution in [2.75, 3.05) is 19.8 Å². The van der Waals surface area contributed by atoms with E-state index < -0.39 is 24.4 Å². The standard InChI is InChI=1S/C34H29ClFN3O7/c35-26-11-21(16-39-27(17-40)34(41)42)30(45-18-20-10-19(13-37)14-38-15-20)12-31(26)46-28-6-4-23-22(2-1-3-24(23)28)25-5-7-29-33(32(25)36)44-9-8-43-29/h1-3,5,7,10-12,14-15,27-28,39-40H,4,6,8-9,16-18H2,(H,41,42)/t27-,28?/m0/s1.